The van der Waals surface area contributed by atoms with E-state index in [4.69, 9.17) is 0 Å². The average molecular weight is 156 g/mol. The summed E-state index contributed by atoms with van der Waals surface area (Å²) in [5.74, 6) is 0.635. The van der Waals surface area contributed by atoms with Gasteiger partial charge in [-0.05, 0) is 12.8 Å². The molecule has 0 spiro atoms. The maximum absolute atomic E-state index is 10.6. The highest BCUT2D eigenvalue weighted by Crippen LogP contribution is 2.25. The topological polar surface area (TPSA) is 41.5 Å². The van der Waals surface area contributed by atoms with E-state index >= 15 is 0 Å². The second-order valence-electron chi connectivity index (χ2n) is 2.50. The second kappa shape index (κ2) is 2.27. The highest BCUT2D eigenvalue weighted by Gasteiger charge is 2.24. The number of hydrogen-bond donors (Lipinski definition) is 1. The van der Waals surface area contributed by atoms with E-state index in [9.17, 15) is 4.79 Å². The number of nitrogens with zero attached hydrogens (tertiary/aromatic N) is 1. The van der Waals surface area contributed by atoms with Crippen molar-refractivity contribution in [2.24, 2.45) is 4.99 Å². The van der Waals surface area contributed by atoms with Crippen molar-refractivity contribution >= 4 is 22.8 Å². The van der Waals surface area contributed by atoms with Gasteiger partial charge in [-0.2, -0.15) is 0 Å². The lowest BCUT2D eigenvalue weighted by Crippen LogP contribution is -2.20. The fourth-order valence-corrected chi connectivity index (χ4v) is 1.51. The number of rotatable bonds is 1. The van der Waals surface area contributed by atoms with Crippen molar-refractivity contribution in [2.45, 2.75) is 18.9 Å². The molecule has 1 aliphatic carbocycles. The summed E-state index contributed by atoms with van der Waals surface area (Å²) in [6.45, 7) is 0. The molecular weight excluding hydrogens is 148 g/mol. The van der Waals surface area contributed by atoms with Crippen molar-refractivity contribution in [1.29, 1.82) is 0 Å². The average Bonchev–Trinajstić information content (AvgIpc) is 2.59. The van der Waals surface area contributed by atoms with Crippen LogP contribution in [0.4, 0.5) is 0 Å². The minimum absolute atomic E-state index is 0.0874. The SMILES string of the molecule is O=C1CSC(=NC2CC2)N1. The Morgan fingerprint density at radius 2 is 2.40 bits per heavy atom. The van der Waals surface area contributed by atoms with Crippen LogP contribution in [-0.2, 0) is 4.79 Å². The van der Waals surface area contributed by atoms with Gasteiger partial charge < -0.3 is 5.32 Å². The molecule has 0 radical (unpaired) electrons. The van der Waals surface area contributed by atoms with E-state index < -0.39 is 0 Å². The molecule has 1 saturated heterocycles. The van der Waals surface area contributed by atoms with Gasteiger partial charge in [0.05, 0.1) is 11.8 Å². The first-order chi connectivity index (χ1) is 4.84. The Bertz CT molecular complexity index is 198. The van der Waals surface area contributed by atoms with Gasteiger partial charge in [0.15, 0.2) is 5.17 Å². The molecule has 1 N–H and O–H groups in total. The molecule has 2 aliphatic rings. The van der Waals surface area contributed by atoms with Gasteiger partial charge in [-0.3, -0.25) is 9.79 Å². The molecule has 1 saturated carbocycles. The number of nitrogens with one attached hydrogen (secondary N) is 1. The summed E-state index contributed by atoms with van der Waals surface area (Å²) in [5.41, 5.74) is 0. The number of aliphatic imine (C=N–C) groups is 1. The quantitative estimate of drug-likeness (QED) is 0.596. The van der Waals surface area contributed by atoms with Gasteiger partial charge in [0.25, 0.3) is 0 Å². The molecule has 10 heavy (non-hydrogen) atoms. The lowest BCUT2D eigenvalue weighted by Gasteiger charge is -1.91. The van der Waals surface area contributed by atoms with E-state index in [0.29, 0.717) is 11.8 Å². The minimum atomic E-state index is 0.0874. The van der Waals surface area contributed by atoms with Crippen molar-refractivity contribution < 1.29 is 4.79 Å². The summed E-state index contributed by atoms with van der Waals surface area (Å²) in [6, 6.07) is 0.515. The van der Waals surface area contributed by atoms with E-state index in [1.807, 2.05) is 0 Å². The third-order valence-corrected chi connectivity index (χ3v) is 2.32. The van der Waals surface area contributed by atoms with Crippen LogP contribution in [0.15, 0.2) is 4.99 Å². The van der Waals surface area contributed by atoms with Crippen molar-refractivity contribution in [3.05, 3.63) is 0 Å². The van der Waals surface area contributed by atoms with E-state index in [1.165, 1.54) is 24.6 Å². The lowest BCUT2D eigenvalue weighted by atomic mass is 10.7. The van der Waals surface area contributed by atoms with Crippen molar-refractivity contribution in [2.75, 3.05) is 5.75 Å². The van der Waals surface area contributed by atoms with Crippen molar-refractivity contribution in [3.63, 3.8) is 0 Å². The first-order valence-electron chi connectivity index (χ1n) is 3.35. The predicted octanol–water partition coefficient (Wildman–Crippen LogP) is 0.368. The summed E-state index contributed by atoms with van der Waals surface area (Å²) in [4.78, 5) is 14.9. The number of hydrogen-bond acceptors (Lipinski definition) is 3. The molecular formula is C6H8N2OS. The van der Waals surface area contributed by atoms with Gasteiger partial charge in [-0.15, -0.1) is 0 Å². The predicted molar refractivity (Wildman–Crippen MR) is 41.1 cm³/mol. The van der Waals surface area contributed by atoms with E-state index in [1.54, 1.807) is 0 Å². The molecule has 3 nitrogen and oxygen atoms in total. The summed E-state index contributed by atoms with van der Waals surface area (Å²) in [5, 5.41) is 3.53. The van der Waals surface area contributed by atoms with Crippen LogP contribution in [0, 0.1) is 0 Å². The van der Waals surface area contributed by atoms with Gasteiger partial charge in [0, 0.05) is 0 Å². The highest BCUT2D eigenvalue weighted by atomic mass is 32.2. The van der Waals surface area contributed by atoms with Crippen LogP contribution in [0.5, 0.6) is 0 Å². The van der Waals surface area contributed by atoms with E-state index in [2.05, 4.69) is 10.3 Å². The van der Waals surface area contributed by atoms with Crippen LogP contribution in [0.3, 0.4) is 0 Å². The number of amides is 1. The first-order valence-corrected chi connectivity index (χ1v) is 4.33. The number of thioether (sulfide) groups is 1. The zero-order valence-electron chi connectivity index (χ0n) is 5.46. The summed E-state index contributed by atoms with van der Waals surface area (Å²) >= 11 is 1.51. The second-order valence-corrected chi connectivity index (χ2v) is 3.47. The molecule has 2 rings (SSSR count). The lowest BCUT2D eigenvalue weighted by molar-refractivity contribution is -0.116. The third kappa shape index (κ3) is 1.31. The van der Waals surface area contributed by atoms with Crippen LogP contribution in [0.2, 0.25) is 0 Å². The molecule has 0 aromatic carbocycles. The summed E-state index contributed by atoms with van der Waals surface area (Å²) in [7, 11) is 0. The molecule has 0 atom stereocenters. The fourth-order valence-electron chi connectivity index (χ4n) is 0.764. The highest BCUT2D eigenvalue weighted by molar-refractivity contribution is 8.15. The van der Waals surface area contributed by atoms with Gasteiger partial charge >= 0.3 is 0 Å². The molecule has 0 unspecified atom stereocenters. The number of amidine groups is 1. The van der Waals surface area contributed by atoms with E-state index in [0.717, 1.165) is 5.17 Å². The Morgan fingerprint density at radius 1 is 1.60 bits per heavy atom. The van der Waals surface area contributed by atoms with Gasteiger partial charge in [-0.1, -0.05) is 11.8 Å². The number of carbonyl (C=O) groups excluding carboxylic acids is 1. The smallest absolute Gasteiger partial charge is 0.236 e. The Morgan fingerprint density at radius 3 is 2.90 bits per heavy atom. The van der Waals surface area contributed by atoms with E-state index in [-0.39, 0.29) is 5.91 Å². The Kier molecular flexibility index (Phi) is 1.41. The Balaban J connectivity index is 1.98. The number of carbonyl (C=O) groups is 1. The van der Waals surface area contributed by atoms with Crippen molar-refractivity contribution in [3.8, 4) is 0 Å². The van der Waals surface area contributed by atoms with Crippen LogP contribution < -0.4 is 5.32 Å². The minimum Gasteiger partial charge on any atom is -0.305 e. The van der Waals surface area contributed by atoms with Gasteiger partial charge in [-0.25, -0.2) is 0 Å². The van der Waals surface area contributed by atoms with Gasteiger partial charge in [0.2, 0.25) is 5.91 Å². The molecule has 0 aromatic heterocycles. The summed E-state index contributed by atoms with van der Waals surface area (Å²) < 4.78 is 0. The molecule has 2 fully saturated rings. The normalized spacial score (nSPS) is 29.2. The maximum atomic E-state index is 10.6. The van der Waals surface area contributed by atoms with Crippen LogP contribution in [0.1, 0.15) is 12.8 Å². The fraction of sp³-hybridized carbons (Fsp3) is 0.667. The third-order valence-electron chi connectivity index (χ3n) is 1.43. The maximum Gasteiger partial charge on any atom is 0.236 e. The zero-order valence-corrected chi connectivity index (χ0v) is 6.28. The Labute approximate surface area is 63.3 Å². The zero-order chi connectivity index (χ0) is 6.97. The molecule has 1 heterocycles. The van der Waals surface area contributed by atoms with Crippen LogP contribution in [-0.4, -0.2) is 22.9 Å². The molecule has 4 heteroatoms. The molecule has 0 aromatic rings. The standard InChI is InChI=1S/C6H8N2OS/c9-5-3-10-6(8-5)7-4-1-2-4/h4H,1-3H2,(H,7,8,9). The Hall–Kier alpha value is -0.510. The monoisotopic (exact) mass is 156 g/mol. The molecule has 1 aliphatic heterocycles. The molecule has 0 bridgehead atoms. The largest absolute Gasteiger partial charge is 0.305 e. The van der Waals surface area contributed by atoms with Gasteiger partial charge in [0.1, 0.15) is 0 Å². The van der Waals surface area contributed by atoms with Crippen LogP contribution >= 0.6 is 11.8 Å². The van der Waals surface area contributed by atoms with Crippen molar-refractivity contribution in [1.82, 2.24) is 5.32 Å². The summed E-state index contributed by atoms with van der Waals surface area (Å²) in [6.07, 6.45) is 2.39. The van der Waals surface area contributed by atoms with Crippen LogP contribution in [0.25, 0.3) is 0 Å². The first kappa shape index (κ1) is 6.22. The molecule has 54 valence electrons. The molecule has 1 amide bonds.